The standard InChI is InChI=1S/C17H13FN2O7/c1-9(16(21)19-11-3-4-12(18)13(7-11)20(23)24)27-17(22)10-2-5-14-15(6-10)26-8-25-14/h2-7,9H,8H2,1H3,(H,19,21)/t9-/m0/s1. The number of anilines is 1. The van der Waals surface area contributed by atoms with Crippen molar-refractivity contribution < 1.29 is 33.1 Å². The van der Waals surface area contributed by atoms with Crippen molar-refractivity contribution in [3.05, 3.63) is 57.9 Å². The molecule has 0 saturated carbocycles. The number of benzene rings is 2. The van der Waals surface area contributed by atoms with E-state index in [-0.39, 0.29) is 18.0 Å². The molecule has 9 nitrogen and oxygen atoms in total. The number of hydrogen-bond acceptors (Lipinski definition) is 7. The topological polar surface area (TPSA) is 117 Å². The number of hydrogen-bond donors (Lipinski definition) is 1. The van der Waals surface area contributed by atoms with Gasteiger partial charge in [0.2, 0.25) is 12.6 Å². The molecule has 1 amide bonds. The number of carbonyl (C=O) groups is 2. The monoisotopic (exact) mass is 376 g/mol. The summed E-state index contributed by atoms with van der Waals surface area (Å²) >= 11 is 0. The van der Waals surface area contributed by atoms with Crippen LogP contribution in [0.2, 0.25) is 0 Å². The molecule has 1 heterocycles. The minimum absolute atomic E-state index is 0.000853. The smallest absolute Gasteiger partial charge is 0.339 e. The first-order valence-electron chi connectivity index (χ1n) is 7.70. The Balaban J connectivity index is 1.64. The number of ether oxygens (including phenoxy) is 3. The highest BCUT2D eigenvalue weighted by Crippen LogP contribution is 2.32. The summed E-state index contributed by atoms with van der Waals surface area (Å²) in [7, 11) is 0. The molecular formula is C17H13FN2O7. The maximum atomic E-state index is 13.3. The first-order valence-corrected chi connectivity index (χ1v) is 7.70. The van der Waals surface area contributed by atoms with Crippen LogP contribution in [0.25, 0.3) is 0 Å². The van der Waals surface area contributed by atoms with Crippen molar-refractivity contribution >= 4 is 23.3 Å². The molecule has 140 valence electrons. The zero-order valence-electron chi connectivity index (χ0n) is 13.9. The third kappa shape index (κ3) is 3.94. The first-order chi connectivity index (χ1) is 12.8. The molecule has 1 aliphatic heterocycles. The Morgan fingerprint density at radius 3 is 2.70 bits per heavy atom. The molecule has 1 N–H and O–H groups in total. The van der Waals surface area contributed by atoms with E-state index in [9.17, 15) is 24.1 Å². The molecule has 10 heteroatoms. The van der Waals surface area contributed by atoms with Crippen LogP contribution in [0, 0.1) is 15.9 Å². The average molecular weight is 376 g/mol. The Bertz CT molecular complexity index is 931. The normalized spacial score (nSPS) is 13.0. The van der Waals surface area contributed by atoms with E-state index in [1.807, 2.05) is 0 Å². The molecule has 2 aromatic carbocycles. The number of amides is 1. The summed E-state index contributed by atoms with van der Waals surface area (Å²) in [5.74, 6) is -1.64. The summed E-state index contributed by atoms with van der Waals surface area (Å²) in [5.41, 5.74) is -0.617. The number of esters is 1. The lowest BCUT2D eigenvalue weighted by atomic mass is 10.2. The number of carbonyl (C=O) groups excluding carboxylic acids is 2. The number of nitro groups is 1. The third-order valence-corrected chi connectivity index (χ3v) is 3.67. The van der Waals surface area contributed by atoms with Crippen molar-refractivity contribution in [2.45, 2.75) is 13.0 Å². The average Bonchev–Trinajstić information content (AvgIpc) is 3.10. The lowest BCUT2D eigenvalue weighted by Gasteiger charge is -2.13. The minimum Gasteiger partial charge on any atom is -0.454 e. The molecule has 0 unspecified atom stereocenters. The van der Waals surface area contributed by atoms with Crippen molar-refractivity contribution in [3.8, 4) is 11.5 Å². The quantitative estimate of drug-likeness (QED) is 0.484. The van der Waals surface area contributed by atoms with Gasteiger partial charge >= 0.3 is 11.7 Å². The maximum absolute atomic E-state index is 13.3. The van der Waals surface area contributed by atoms with Gasteiger partial charge in [-0.1, -0.05) is 0 Å². The van der Waals surface area contributed by atoms with Gasteiger partial charge in [-0.3, -0.25) is 14.9 Å². The molecule has 0 aliphatic carbocycles. The number of nitro benzene ring substituents is 1. The molecule has 1 atom stereocenters. The molecule has 27 heavy (non-hydrogen) atoms. The van der Waals surface area contributed by atoms with Crippen LogP contribution in [0.4, 0.5) is 15.8 Å². The second-order valence-electron chi connectivity index (χ2n) is 5.53. The fourth-order valence-corrected chi connectivity index (χ4v) is 2.28. The number of halogens is 1. The summed E-state index contributed by atoms with van der Waals surface area (Å²) in [4.78, 5) is 34.1. The minimum atomic E-state index is -1.20. The van der Waals surface area contributed by atoms with Crippen LogP contribution in [-0.2, 0) is 9.53 Å². The SMILES string of the molecule is C[C@H](OC(=O)c1ccc2c(c1)OCO2)C(=O)Nc1ccc(F)c([N+](=O)[O-])c1. The Morgan fingerprint density at radius 1 is 1.22 bits per heavy atom. The summed E-state index contributed by atoms with van der Waals surface area (Å²) in [5, 5.41) is 13.1. The van der Waals surface area contributed by atoms with Crippen molar-refractivity contribution in [1.29, 1.82) is 0 Å². The van der Waals surface area contributed by atoms with E-state index in [0.717, 1.165) is 18.2 Å². The van der Waals surface area contributed by atoms with E-state index in [2.05, 4.69) is 5.32 Å². The van der Waals surface area contributed by atoms with Gasteiger partial charge < -0.3 is 19.5 Å². The largest absolute Gasteiger partial charge is 0.454 e. The van der Waals surface area contributed by atoms with Crippen LogP contribution in [0.1, 0.15) is 17.3 Å². The van der Waals surface area contributed by atoms with E-state index >= 15 is 0 Å². The predicted octanol–water partition coefficient (Wildman–Crippen LogP) is 2.65. The Kier molecular flexibility index (Phi) is 4.88. The van der Waals surface area contributed by atoms with E-state index in [1.165, 1.54) is 19.1 Å². The van der Waals surface area contributed by atoms with Gasteiger partial charge in [-0.15, -0.1) is 0 Å². The van der Waals surface area contributed by atoms with Gasteiger partial charge in [-0.05, 0) is 37.3 Å². The van der Waals surface area contributed by atoms with Crippen LogP contribution in [0.5, 0.6) is 11.5 Å². The Hall–Kier alpha value is -3.69. The first kappa shape index (κ1) is 18.1. The lowest BCUT2D eigenvalue weighted by Crippen LogP contribution is -2.30. The van der Waals surface area contributed by atoms with Crippen LogP contribution in [0.3, 0.4) is 0 Å². The van der Waals surface area contributed by atoms with Gasteiger partial charge in [0.05, 0.1) is 10.5 Å². The zero-order valence-corrected chi connectivity index (χ0v) is 13.9. The Morgan fingerprint density at radius 2 is 1.96 bits per heavy atom. The van der Waals surface area contributed by atoms with Crippen LogP contribution >= 0.6 is 0 Å². The summed E-state index contributed by atoms with van der Waals surface area (Å²) in [6, 6.07) is 7.33. The van der Waals surface area contributed by atoms with Crippen LogP contribution in [0.15, 0.2) is 36.4 Å². The van der Waals surface area contributed by atoms with Gasteiger partial charge in [0.15, 0.2) is 17.6 Å². The van der Waals surface area contributed by atoms with Gasteiger partial charge in [0.25, 0.3) is 5.91 Å². The maximum Gasteiger partial charge on any atom is 0.339 e. The summed E-state index contributed by atoms with van der Waals surface area (Å²) in [6.45, 7) is 1.38. The van der Waals surface area contributed by atoms with E-state index in [0.29, 0.717) is 11.5 Å². The molecule has 0 bridgehead atoms. The van der Waals surface area contributed by atoms with Gasteiger partial charge in [-0.2, -0.15) is 4.39 Å². The van der Waals surface area contributed by atoms with Gasteiger partial charge in [-0.25, -0.2) is 4.79 Å². The number of rotatable bonds is 5. The molecular weight excluding hydrogens is 363 g/mol. The molecule has 2 aromatic rings. The van der Waals surface area contributed by atoms with Crippen LogP contribution in [-0.4, -0.2) is 29.7 Å². The van der Waals surface area contributed by atoms with Gasteiger partial charge in [0, 0.05) is 11.8 Å². The highest BCUT2D eigenvalue weighted by atomic mass is 19.1. The highest BCUT2D eigenvalue weighted by Gasteiger charge is 2.23. The van der Waals surface area contributed by atoms with Crippen LogP contribution < -0.4 is 14.8 Å². The third-order valence-electron chi connectivity index (χ3n) is 3.67. The van der Waals surface area contributed by atoms with Crippen molar-refractivity contribution in [2.24, 2.45) is 0 Å². The van der Waals surface area contributed by atoms with E-state index in [4.69, 9.17) is 14.2 Å². The summed E-state index contributed by atoms with van der Waals surface area (Å²) < 4.78 is 28.7. The fraction of sp³-hybridized carbons (Fsp3) is 0.176. The molecule has 1 aliphatic rings. The van der Waals surface area contributed by atoms with Crippen molar-refractivity contribution in [3.63, 3.8) is 0 Å². The second kappa shape index (κ2) is 7.28. The highest BCUT2D eigenvalue weighted by molar-refractivity contribution is 5.97. The molecule has 0 saturated heterocycles. The van der Waals surface area contributed by atoms with Crippen molar-refractivity contribution in [2.75, 3.05) is 12.1 Å². The molecule has 0 fully saturated rings. The molecule has 0 spiro atoms. The molecule has 0 aromatic heterocycles. The molecule has 3 rings (SSSR count). The number of fused-ring (bicyclic) bond motifs is 1. The zero-order chi connectivity index (χ0) is 19.6. The Labute approximate surface area is 151 Å². The fourth-order valence-electron chi connectivity index (χ4n) is 2.28. The van der Waals surface area contributed by atoms with E-state index < -0.39 is 34.4 Å². The lowest BCUT2D eigenvalue weighted by molar-refractivity contribution is -0.387. The van der Waals surface area contributed by atoms with Gasteiger partial charge in [0.1, 0.15) is 0 Å². The number of nitrogens with one attached hydrogen (secondary N) is 1. The van der Waals surface area contributed by atoms with E-state index in [1.54, 1.807) is 6.07 Å². The second-order valence-corrected chi connectivity index (χ2v) is 5.53. The summed E-state index contributed by atoms with van der Waals surface area (Å²) in [6.07, 6.45) is -1.20. The molecule has 0 radical (unpaired) electrons. The predicted molar refractivity (Wildman–Crippen MR) is 89.1 cm³/mol. The number of nitrogens with zero attached hydrogens (tertiary/aromatic N) is 1. The van der Waals surface area contributed by atoms with Crippen molar-refractivity contribution in [1.82, 2.24) is 0 Å².